The zero-order valence-corrected chi connectivity index (χ0v) is 16.9. The van der Waals surface area contributed by atoms with Gasteiger partial charge in [-0.25, -0.2) is 4.98 Å². The normalized spacial score (nSPS) is 10.2. The molecule has 2 N–H and O–H groups in total. The number of hydrogen-bond acceptors (Lipinski definition) is 5. The molecule has 2 rings (SSSR count). The van der Waals surface area contributed by atoms with Gasteiger partial charge in [-0.1, -0.05) is 6.07 Å². The predicted octanol–water partition coefficient (Wildman–Crippen LogP) is 2.07. The maximum atomic E-state index is 11.7. The number of carbonyl (C=O) groups is 1. The number of imidazole rings is 1. The molecule has 0 aliphatic rings. The van der Waals surface area contributed by atoms with Gasteiger partial charge in [-0.05, 0) is 18.6 Å². The van der Waals surface area contributed by atoms with E-state index in [-0.39, 0.29) is 30.7 Å². The molecule has 1 amide bonds. The Morgan fingerprint density at radius 3 is 2.80 bits per heavy atom. The van der Waals surface area contributed by atoms with E-state index in [0.29, 0.717) is 18.9 Å². The molecular weight excluding hydrogens is 383 g/mol. The number of aromatic nitrogens is 2. The van der Waals surface area contributed by atoms with Crippen LogP contribution in [0.2, 0.25) is 0 Å². The third-order valence-corrected chi connectivity index (χ3v) is 4.21. The van der Waals surface area contributed by atoms with Crippen molar-refractivity contribution in [3.05, 3.63) is 35.8 Å². The van der Waals surface area contributed by atoms with E-state index >= 15 is 0 Å². The van der Waals surface area contributed by atoms with Crippen LogP contribution < -0.4 is 10.6 Å². The monoisotopic (exact) mass is 408 g/mol. The van der Waals surface area contributed by atoms with Crippen molar-refractivity contribution in [2.75, 3.05) is 39.1 Å². The van der Waals surface area contributed by atoms with E-state index in [1.165, 1.54) is 5.56 Å². The second-order valence-electron chi connectivity index (χ2n) is 5.29. The number of methoxy groups -OCH3 is 1. The SMILES string of the molecule is COCCNCCNC(=O)CSCc1cn2cc(C)ccc2n1.Cl.Cl. The standard InChI is InChI=1S/C16H24N4O2S.2ClH/c1-13-3-4-15-19-14(10-20(15)9-13)11-23-12-16(21)18-6-5-17-7-8-22-2;;/h3-4,9-10,17H,5-8,11-12H2,1-2H3,(H,18,21);2*1H. The summed E-state index contributed by atoms with van der Waals surface area (Å²) in [5.74, 6) is 1.24. The second kappa shape index (κ2) is 13.2. The van der Waals surface area contributed by atoms with Crippen molar-refractivity contribution in [1.29, 1.82) is 0 Å². The molecule has 0 bridgehead atoms. The number of ether oxygens (including phenoxy) is 1. The second-order valence-corrected chi connectivity index (χ2v) is 6.28. The highest BCUT2D eigenvalue weighted by atomic mass is 35.5. The molecule has 0 unspecified atom stereocenters. The number of aryl methyl sites for hydroxylation is 1. The molecule has 0 radical (unpaired) electrons. The zero-order valence-electron chi connectivity index (χ0n) is 14.5. The lowest BCUT2D eigenvalue weighted by Crippen LogP contribution is -2.33. The fraction of sp³-hybridized carbons (Fsp3) is 0.500. The Kier molecular flexibility index (Phi) is 12.7. The van der Waals surface area contributed by atoms with Crippen LogP contribution in [0.15, 0.2) is 24.5 Å². The lowest BCUT2D eigenvalue weighted by Gasteiger charge is -2.06. The summed E-state index contributed by atoms with van der Waals surface area (Å²) in [4.78, 5) is 16.3. The number of carbonyl (C=O) groups excluding carboxylic acids is 1. The van der Waals surface area contributed by atoms with E-state index in [1.807, 2.05) is 22.7 Å². The van der Waals surface area contributed by atoms with Gasteiger partial charge in [-0.2, -0.15) is 0 Å². The van der Waals surface area contributed by atoms with Gasteiger partial charge in [0.05, 0.1) is 18.1 Å². The average Bonchev–Trinajstić information content (AvgIpc) is 2.92. The van der Waals surface area contributed by atoms with Crippen molar-refractivity contribution in [3.63, 3.8) is 0 Å². The van der Waals surface area contributed by atoms with Crippen LogP contribution in [0.1, 0.15) is 11.3 Å². The number of thioether (sulfide) groups is 1. The predicted molar refractivity (Wildman–Crippen MR) is 108 cm³/mol. The van der Waals surface area contributed by atoms with Gasteiger partial charge in [-0.3, -0.25) is 4.79 Å². The summed E-state index contributed by atoms with van der Waals surface area (Å²) in [5, 5.41) is 6.07. The molecule has 0 saturated heterocycles. The van der Waals surface area contributed by atoms with Crippen LogP contribution in [0.5, 0.6) is 0 Å². The highest BCUT2D eigenvalue weighted by Crippen LogP contribution is 2.13. The van der Waals surface area contributed by atoms with Crippen LogP contribution in [0.25, 0.3) is 5.65 Å². The summed E-state index contributed by atoms with van der Waals surface area (Å²) >= 11 is 1.58. The third kappa shape index (κ3) is 8.78. The lowest BCUT2D eigenvalue weighted by atomic mass is 10.3. The minimum atomic E-state index is 0. The highest BCUT2D eigenvalue weighted by molar-refractivity contribution is 7.99. The summed E-state index contributed by atoms with van der Waals surface area (Å²) in [6.07, 6.45) is 4.08. The van der Waals surface area contributed by atoms with Gasteiger partial charge < -0.3 is 19.8 Å². The molecule has 0 aliphatic carbocycles. The molecule has 25 heavy (non-hydrogen) atoms. The zero-order chi connectivity index (χ0) is 16.5. The maximum Gasteiger partial charge on any atom is 0.230 e. The Hall–Kier alpha value is -0.990. The van der Waals surface area contributed by atoms with Crippen LogP contribution in [0, 0.1) is 6.92 Å². The fourth-order valence-electron chi connectivity index (χ4n) is 2.11. The molecule has 0 saturated carbocycles. The van der Waals surface area contributed by atoms with Crippen LogP contribution in [0.4, 0.5) is 0 Å². The maximum absolute atomic E-state index is 11.7. The number of hydrogen-bond donors (Lipinski definition) is 2. The smallest absolute Gasteiger partial charge is 0.230 e. The van der Waals surface area contributed by atoms with E-state index in [0.717, 1.165) is 30.2 Å². The minimum Gasteiger partial charge on any atom is -0.383 e. The summed E-state index contributed by atoms with van der Waals surface area (Å²) < 4.78 is 6.96. The van der Waals surface area contributed by atoms with Crippen molar-refractivity contribution in [3.8, 4) is 0 Å². The molecule has 0 atom stereocenters. The molecule has 0 fully saturated rings. The molecule has 2 heterocycles. The van der Waals surface area contributed by atoms with E-state index in [1.54, 1.807) is 18.9 Å². The van der Waals surface area contributed by atoms with Crippen LogP contribution in [-0.2, 0) is 15.3 Å². The number of amides is 1. The Balaban J connectivity index is 0.00000288. The first-order valence-corrected chi connectivity index (χ1v) is 8.83. The number of fused-ring (bicyclic) bond motifs is 1. The van der Waals surface area contributed by atoms with Gasteiger partial charge in [0.2, 0.25) is 5.91 Å². The first-order chi connectivity index (χ1) is 11.2. The Labute approximate surface area is 165 Å². The number of halogens is 2. The first kappa shape index (κ1) is 24.0. The van der Waals surface area contributed by atoms with Crippen molar-refractivity contribution >= 4 is 48.1 Å². The van der Waals surface area contributed by atoms with Gasteiger partial charge in [0.1, 0.15) is 5.65 Å². The van der Waals surface area contributed by atoms with Crippen molar-refractivity contribution in [1.82, 2.24) is 20.0 Å². The van der Waals surface area contributed by atoms with Crippen LogP contribution in [-0.4, -0.2) is 54.4 Å². The van der Waals surface area contributed by atoms with Gasteiger partial charge in [0.15, 0.2) is 0 Å². The molecule has 0 aliphatic heterocycles. The Bertz CT molecular complexity index is 640. The fourth-order valence-corrected chi connectivity index (χ4v) is 2.85. The highest BCUT2D eigenvalue weighted by Gasteiger charge is 2.05. The third-order valence-electron chi connectivity index (χ3n) is 3.24. The molecule has 0 aromatic carbocycles. The van der Waals surface area contributed by atoms with Gasteiger partial charge in [0.25, 0.3) is 0 Å². The number of nitrogens with zero attached hydrogens (tertiary/aromatic N) is 2. The van der Waals surface area contributed by atoms with Crippen LogP contribution in [0.3, 0.4) is 0 Å². The summed E-state index contributed by atoms with van der Waals surface area (Å²) in [5.41, 5.74) is 3.14. The molecule has 0 spiro atoms. The number of rotatable bonds is 10. The molecule has 6 nitrogen and oxygen atoms in total. The summed E-state index contributed by atoms with van der Waals surface area (Å²) in [6.45, 7) is 4.93. The van der Waals surface area contributed by atoms with Gasteiger partial charge >= 0.3 is 0 Å². The quantitative estimate of drug-likeness (QED) is 0.588. The van der Waals surface area contributed by atoms with Crippen molar-refractivity contribution in [2.45, 2.75) is 12.7 Å². The van der Waals surface area contributed by atoms with Gasteiger partial charge in [-0.15, -0.1) is 36.6 Å². The van der Waals surface area contributed by atoms with E-state index in [9.17, 15) is 4.79 Å². The topological polar surface area (TPSA) is 67.7 Å². The number of nitrogens with one attached hydrogen (secondary N) is 2. The van der Waals surface area contributed by atoms with Crippen LogP contribution >= 0.6 is 36.6 Å². The molecule has 2 aromatic heterocycles. The van der Waals surface area contributed by atoms with E-state index < -0.39 is 0 Å². The Morgan fingerprint density at radius 1 is 1.24 bits per heavy atom. The Morgan fingerprint density at radius 2 is 2.04 bits per heavy atom. The summed E-state index contributed by atoms with van der Waals surface area (Å²) in [6, 6.07) is 4.06. The van der Waals surface area contributed by atoms with Crippen molar-refractivity contribution in [2.24, 2.45) is 0 Å². The molecule has 142 valence electrons. The minimum absolute atomic E-state index is 0. The average molecular weight is 409 g/mol. The largest absolute Gasteiger partial charge is 0.383 e. The first-order valence-electron chi connectivity index (χ1n) is 7.67. The molecule has 2 aromatic rings. The molecular formula is C16H26Cl2N4O2S. The van der Waals surface area contributed by atoms with Gasteiger partial charge in [0, 0.05) is 44.9 Å². The van der Waals surface area contributed by atoms with E-state index in [2.05, 4.69) is 28.7 Å². The number of pyridine rings is 1. The van der Waals surface area contributed by atoms with Crippen molar-refractivity contribution < 1.29 is 9.53 Å². The molecule has 9 heteroatoms. The summed E-state index contributed by atoms with van der Waals surface area (Å²) in [7, 11) is 1.67. The van der Waals surface area contributed by atoms with E-state index in [4.69, 9.17) is 4.74 Å². The lowest BCUT2D eigenvalue weighted by molar-refractivity contribution is -0.118.